The monoisotopic (exact) mass is 359 g/mol. The Bertz CT molecular complexity index is 635. The van der Waals surface area contributed by atoms with E-state index in [0.717, 1.165) is 32.2 Å². The van der Waals surface area contributed by atoms with Crippen LogP contribution in [0, 0.1) is 16.0 Å². The van der Waals surface area contributed by atoms with Crippen molar-refractivity contribution < 1.29 is 9.72 Å². The molecule has 0 radical (unpaired) electrons. The van der Waals surface area contributed by atoms with E-state index in [4.69, 9.17) is 0 Å². The highest BCUT2D eigenvalue weighted by atomic mass is 16.6. The van der Waals surface area contributed by atoms with Gasteiger partial charge in [-0.1, -0.05) is 31.4 Å². The number of anilines is 1. The third kappa shape index (κ3) is 4.00. The summed E-state index contributed by atoms with van der Waals surface area (Å²) in [7, 11) is 0. The van der Waals surface area contributed by atoms with Crippen molar-refractivity contribution in [1.29, 1.82) is 0 Å². The fraction of sp³-hybridized carbons (Fsp3) is 0.650. The molecule has 1 saturated carbocycles. The average molecular weight is 359 g/mol. The van der Waals surface area contributed by atoms with E-state index in [1.807, 2.05) is 6.07 Å². The van der Waals surface area contributed by atoms with Gasteiger partial charge in [-0.15, -0.1) is 0 Å². The molecule has 1 aromatic rings. The molecule has 1 amide bonds. The van der Waals surface area contributed by atoms with Crippen LogP contribution in [0.5, 0.6) is 0 Å². The number of rotatable bonds is 5. The normalized spacial score (nSPS) is 19.3. The van der Waals surface area contributed by atoms with Crippen LogP contribution in [0.25, 0.3) is 0 Å². The first kappa shape index (κ1) is 18.7. The van der Waals surface area contributed by atoms with Gasteiger partial charge in [0.1, 0.15) is 5.69 Å². The summed E-state index contributed by atoms with van der Waals surface area (Å²) in [6.45, 7) is 4.26. The van der Waals surface area contributed by atoms with Crippen LogP contribution in [0.15, 0.2) is 24.3 Å². The summed E-state index contributed by atoms with van der Waals surface area (Å²) in [5.41, 5.74) is 0.817. The average Bonchev–Trinajstić information content (AvgIpc) is 2.69. The van der Waals surface area contributed by atoms with Crippen LogP contribution >= 0.6 is 0 Å². The zero-order chi connectivity index (χ0) is 18.5. The second-order valence-corrected chi connectivity index (χ2v) is 7.42. The van der Waals surface area contributed by atoms with Gasteiger partial charge >= 0.3 is 0 Å². The van der Waals surface area contributed by atoms with Gasteiger partial charge < -0.3 is 9.80 Å². The molecule has 2 fully saturated rings. The second-order valence-electron chi connectivity index (χ2n) is 7.42. The summed E-state index contributed by atoms with van der Waals surface area (Å²) >= 11 is 0. The Morgan fingerprint density at radius 3 is 2.42 bits per heavy atom. The minimum Gasteiger partial charge on any atom is -0.366 e. The molecule has 6 heteroatoms. The number of nitro groups is 1. The first-order valence-corrected chi connectivity index (χ1v) is 9.90. The van der Waals surface area contributed by atoms with E-state index < -0.39 is 0 Å². The predicted molar refractivity (Wildman–Crippen MR) is 102 cm³/mol. The zero-order valence-electron chi connectivity index (χ0n) is 15.6. The molecule has 1 saturated heterocycles. The molecular weight excluding hydrogens is 330 g/mol. The van der Waals surface area contributed by atoms with Gasteiger partial charge in [0.25, 0.3) is 5.69 Å². The quantitative estimate of drug-likeness (QED) is 0.589. The number of amides is 1. The van der Waals surface area contributed by atoms with Crippen LogP contribution in [0.1, 0.15) is 51.9 Å². The van der Waals surface area contributed by atoms with Crippen LogP contribution < -0.4 is 4.90 Å². The molecule has 0 N–H and O–H groups in total. The Morgan fingerprint density at radius 2 is 1.81 bits per heavy atom. The van der Waals surface area contributed by atoms with Crippen molar-refractivity contribution in [2.45, 2.75) is 57.9 Å². The van der Waals surface area contributed by atoms with Gasteiger partial charge in [-0.05, 0) is 38.7 Å². The van der Waals surface area contributed by atoms with E-state index in [1.165, 1.54) is 19.3 Å². The lowest BCUT2D eigenvalue weighted by atomic mass is 9.90. The summed E-state index contributed by atoms with van der Waals surface area (Å²) in [5, 5.41) is 11.3. The zero-order valence-corrected chi connectivity index (χ0v) is 15.6. The Morgan fingerprint density at radius 1 is 1.15 bits per heavy atom. The van der Waals surface area contributed by atoms with E-state index in [9.17, 15) is 14.9 Å². The highest BCUT2D eigenvalue weighted by Crippen LogP contribution is 2.32. The van der Waals surface area contributed by atoms with Crippen molar-refractivity contribution in [1.82, 2.24) is 4.90 Å². The number of carbonyl (C=O) groups is 1. The maximum Gasteiger partial charge on any atom is 0.292 e. The molecule has 142 valence electrons. The van der Waals surface area contributed by atoms with E-state index in [1.54, 1.807) is 18.2 Å². The van der Waals surface area contributed by atoms with Crippen molar-refractivity contribution >= 4 is 17.3 Å². The second kappa shape index (κ2) is 8.52. The Hall–Kier alpha value is -2.11. The SMILES string of the molecule is CCN(C(=O)C1CCN(c2ccccc2[N+](=O)[O-])CC1)C1CCCCC1. The molecule has 6 nitrogen and oxygen atoms in total. The Labute approximate surface area is 155 Å². The van der Waals surface area contributed by atoms with Crippen LogP contribution in [0.2, 0.25) is 0 Å². The molecular formula is C20H29N3O3. The van der Waals surface area contributed by atoms with Crippen LogP contribution in [0.4, 0.5) is 11.4 Å². The van der Waals surface area contributed by atoms with E-state index in [2.05, 4.69) is 16.7 Å². The van der Waals surface area contributed by atoms with Gasteiger partial charge in [0, 0.05) is 37.7 Å². The van der Waals surface area contributed by atoms with Crippen LogP contribution in [-0.2, 0) is 4.79 Å². The molecule has 1 aliphatic heterocycles. The highest BCUT2D eigenvalue weighted by Gasteiger charge is 2.33. The highest BCUT2D eigenvalue weighted by molar-refractivity contribution is 5.79. The smallest absolute Gasteiger partial charge is 0.292 e. The fourth-order valence-electron chi connectivity index (χ4n) is 4.47. The van der Waals surface area contributed by atoms with Crippen molar-refractivity contribution in [2.75, 3.05) is 24.5 Å². The Kier molecular flexibility index (Phi) is 6.12. The maximum absolute atomic E-state index is 13.0. The molecule has 0 unspecified atom stereocenters. The minimum absolute atomic E-state index is 0.0518. The number of nitro benzene ring substituents is 1. The number of carbonyl (C=O) groups excluding carboxylic acids is 1. The van der Waals surface area contributed by atoms with E-state index in [0.29, 0.717) is 30.7 Å². The lowest BCUT2D eigenvalue weighted by Gasteiger charge is -2.39. The van der Waals surface area contributed by atoms with Gasteiger partial charge in [-0.25, -0.2) is 0 Å². The van der Waals surface area contributed by atoms with E-state index >= 15 is 0 Å². The van der Waals surface area contributed by atoms with Crippen molar-refractivity contribution in [2.24, 2.45) is 5.92 Å². The molecule has 0 bridgehead atoms. The summed E-state index contributed by atoms with van der Waals surface area (Å²) in [4.78, 5) is 28.1. The first-order chi connectivity index (χ1) is 12.6. The van der Waals surface area contributed by atoms with E-state index in [-0.39, 0.29) is 16.5 Å². The third-order valence-electron chi connectivity index (χ3n) is 5.90. The van der Waals surface area contributed by atoms with Crippen LogP contribution in [0.3, 0.4) is 0 Å². The Balaban J connectivity index is 1.62. The van der Waals surface area contributed by atoms with Gasteiger partial charge in [-0.2, -0.15) is 0 Å². The van der Waals surface area contributed by atoms with Crippen molar-refractivity contribution in [3.05, 3.63) is 34.4 Å². The predicted octanol–water partition coefficient (Wildman–Crippen LogP) is 3.99. The molecule has 0 atom stereocenters. The number of hydrogen-bond acceptors (Lipinski definition) is 4. The molecule has 0 spiro atoms. The summed E-state index contributed by atoms with van der Waals surface area (Å²) in [5.74, 6) is 0.345. The van der Waals surface area contributed by atoms with Gasteiger partial charge in [-0.3, -0.25) is 14.9 Å². The maximum atomic E-state index is 13.0. The lowest BCUT2D eigenvalue weighted by Crippen LogP contribution is -2.47. The molecule has 0 aromatic heterocycles. The van der Waals surface area contributed by atoms with Crippen molar-refractivity contribution in [3.8, 4) is 0 Å². The fourth-order valence-corrected chi connectivity index (χ4v) is 4.47. The molecule has 1 heterocycles. The summed E-state index contributed by atoms with van der Waals surface area (Å²) in [6.07, 6.45) is 7.55. The molecule has 26 heavy (non-hydrogen) atoms. The van der Waals surface area contributed by atoms with Gasteiger partial charge in [0.05, 0.1) is 4.92 Å². The molecule has 2 aliphatic rings. The van der Waals surface area contributed by atoms with Crippen molar-refractivity contribution in [3.63, 3.8) is 0 Å². The number of para-hydroxylation sites is 2. The minimum atomic E-state index is -0.325. The standard InChI is InChI=1S/C20H29N3O3/c1-2-22(17-8-4-3-5-9-17)20(24)16-12-14-21(15-13-16)18-10-6-7-11-19(18)23(25)26/h6-7,10-11,16-17H,2-5,8-9,12-15H2,1H3. The molecule has 3 rings (SSSR count). The van der Waals surface area contributed by atoms with Gasteiger partial charge in [0.15, 0.2) is 0 Å². The van der Waals surface area contributed by atoms with Crippen LogP contribution in [-0.4, -0.2) is 41.4 Å². The summed E-state index contributed by atoms with van der Waals surface area (Å²) < 4.78 is 0. The third-order valence-corrected chi connectivity index (χ3v) is 5.90. The lowest BCUT2D eigenvalue weighted by molar-refractivity contribution is -0.384. The number of benzene rings is 1. The summed E-state index contributed by atoms with van der Waals surface area (Å²) in [6, 6.07) is 7.30. The van der Waals surface area contributed by atoms with Gasteiger partial charge in [0.2, 0.25) is 5.91 Å². The number of piperidine rings is 1. The first-order valence-electron chi connectivity index (χ1n) is 9.90. The number of hydrogen-bond donors (Lipinski definition) is 0. The topological polar surface area (TPSA) is 66.7 Å². The largest absolute Gasteiger partial charge is 0.366 e. The number of nitrogens with zero attached hydrogens (tertiary/aromatic N) is 3. The molecule has 1 aromatic carbocycles. The molecule has 1 aliphatic carbocycles.